The third kappa shape index (κ3) is 7.77. The third-order valence-electron chi connectivity index (χ3n) is 3.51. The average molecular weight is 382 g/mol. The molecule has 0 aliphatic carbocycles. The largest absolute Gasteiger partial charge is 0.467 e. The number of amides is 2. The van der Waals surface area contributed by atoms with Gasteiger partial charge in [-0.25, -0.2) is 9.59 Å². The number of rotatable bonds is 9. The predicted octanol–water partition coefficient (Wildman–Crippen LogP) is 1.92. The quantitative estimate of drug-likeness (QED) is 0.448. The summed E-state index contributed by atoms with van der Waals surface area (Å²) in [6, 6.07) is 7.47. The number of carbonyl (C=O) groups excluding carboxylic acids is 3. The van der Waals surface area contributed by atoms with Crippen LogP contribution in [-0.2, 0) is 25.7 Å². The van der Waals surface area contributed by atoms with Crippen molar-refractivity contribution in [2.24, 2.45) is 5.92 Å². The molecule has 8 heteroatoms. The molecule has 0 saturated heterocycles. The highest BCUT2D eigenvalue weighted by Gasteiger charge is 2.27. The molecule has 2 N–H and O–H groups in total. The van der Waals surface area contributed by atoms with Gasteiger partial charge in [-0.15, -0.1) is 0 Å². The molecule has 0 aliphatic heterocycles. The van der Waals surface area contributed by atoms with Crippen LogP contribution in [0.25, 0.3) is 0 Å². The fourth-order valence-electron chi connectivity index (χ4n) is 2.20. The molecule has 0 spiro atoms. The van der Waals surface area contributed by atoms with Crippen molar-refractivity contribution in [1.82, 2.24) is 10.6 Å². The van der Waals surface area contributed by atoms with Gasteiger partial charge in [-0.3, -0.25) is 4.79 Å². The number of benzene rings is 1. The number of ether oxygens (including phenoxy) is 2. The SMILES string of the molecule is COC(=O)[C@H](CC(C)C)NC(=O)[C@@H](CS)NC(=O)OCc1ccccc1. The van der Waals surface area contributed by atoms with Crippen molar-refractivity contribution >= 4 is 30.6 Å². The summed E-state index contributed by atoms with van der Waals surface area (Å²) in [7, 11) is 1.26. The summed E-state index contributed by atoms with van der Waals surface area (Å²) < 4.78 is 9.80. The number of hydrogen-bond acceptors (Lipinski definition) is 6. The summed E-state index contributed by atoms with van der Waals surface area (Å²) in [6.45, 7) is 3.94. The molecule has 144 valence electrons. The average Bonchev–Trinajstić information content (AvgIpc) is 2.63. The molecule has 1 aromatic carbocycles. The van der Waals surface area contributed by atoms with Crippen LogP contribution in [0.4, 0.5) is 4.79 Å². The lowest BCUT2D eigenvalue weighted by Crippen LogP contribution is -2.53. The van der Waals surface area contributed by atoms with Crippen LogP contribution < -0.4 is 10.6 Å². The van der Waals surface area contributed by atoms with E-state index < -0.39 is 30.1 Å². The Morgan fingerprint density at radius 3 is 2.27 bits per heavy atom. The van der Waals surface area contributed by atoms with Gasteiger partial charge in [0, 0.05) is 5.75 Å². The lowest BCUT2D eigenvalue weighted by molar-refractivity contribution is -0.145. The van der Waals surface area contributed by atoms with Gasteiger partial charge in [-0.05, 0) is 17.9 Å². The Kier molecular flexibility index (Phi) is 9.57. The lowest BCUT2D eigenvalue weighted by Gasteiger charge is -2.22. The van der Waals surface area contributed by atoms with Crippen LogP contribution in [0.2, 0.25) is 0 Å². The molecule has 0 radical (unpaired) electrons. The standard InChI is InChI=1S/C18H26N2O5S/c1-12(2)9-14(17(22)24-3)19-16(21)15(11-26)20-18(23)25-10-13-7-5-4-6-8-13/h4-8,12,14-15,26H,9-11H2,1-3H3,(H,19,21)(H,20,23)/t14-,15+/m0/s1. The Balaban J connectivity index is 2.57. The normalized spacial score (nSPS) is 12.8. The van der Waals surface area contributed by atoms with E-state index in [-0.39, 0.29) is 18.3 Å². The molecule has 7 nitrogen and oxygen atoms in total. The van der Waals surface area contributed by atoms with Crippen LogP contribution >= 0.6 is 12.6 Å². The van der Waals surface area contributed by atoms with Crippen LogP contribution in [0.5, 0.6) is 0 Å². The minimum absolute atomic E-state index is 0.0574. The van der Waals surface area contributed by atoms with Crippen LogP contribution in [-0.4, -0.2) is 42.9 Å². The molecule has 1 rings (SSSR count). The summed E-state index contributed by atoms with van der Waals surface area (Å²) >= 11 is 4.09. The minimum atomic E-state index is -0.930. The second-order valence-corrected chi connectivity index (χ2v) is 6.52. The number of alkyl carbamates (subject to hydrolysis) is 1. The van der Waals surface area contributed by atoms with Crippen molar-refractivity contribution in [3.05, 3.63) is 35.9 Å². The molecule has 0 aromatic heterocycles. The number of hydrogen-bond donors (Lipinski definition) is 3. The summed E-state index contributed by atoms with van der Waals surface area (Å²) in [6.07, 6.45) is -0.308. The molecule has 0 saturated carbocycles. The van der Waals surface area contributed by atoms with Crippen molar-refractivity contribution < 1.29 is 23.9 Å². The van der Waals surface area contributed by atoms with Crippen molar-refractivity contribution in [3.8, 4) is 0 Å². The Bertz CT molecular complexity index is 595. The van der Waals surface area contributed by atoms with E-state index in [9.17, 15) is 14.4 Å². The van der Waals surface area contributed by atoms with Crippen molar-refractivity contribution in [2.75, 3.05) is 12.9 Å². The van der Waals surface area contributed by atoms with E-state index >= 15 is 0 Å². The Morgan fingerprint density at radius 2 is 1.73 bits per heavy atom. The van der Waals surface area contributed by atoms with E-state index in [0.29, 0.717) is 6.42 Å². The number of methoxy groups -OCH3 is 1. The summed E-state index contributed by atoms with van der Waals surface area (Å²) in [5, 5.41) is 5.05. The highest BCUT2D eigenvalue weighted by molar-refractivity contribution is 7.80. The first-order valence-corrected chi connectivity index (χ1v) is 8.96. The van der Waals surface area contributed by atoms with E-state index in [1.807, 2.05) is 44.2 Å². The Hall–Kier alpha value is -2.22. The van der Waals surface area contributed by atoms with Crippen LogP contribution in [0.1, 0.15) is 25.8 Å². The first kappa shape index (κ1) is 21.8. The number of carbonyl (C=O) groups is 3. The number of thiol groups is 1. The minimum Gasteiger partial charge on any atom is -0.467 e. The molecule has 0 aliphatic rings. The maximum absolute atomic E-state index is 12.4. The molecule has 0 bridgehead atoms. The summed E-state index contributed by atoms with van der Waals surface area (Å²) in [4.78, 5) is 36.1. The molecular formula is C18H26N2O5S. The number of nitrogens with one attached hydrogen (secondary N) is 2. The van der Waals surface area contributed by atoms with Gasteiger partial charge in [-0.2, -0.15) is 12.6 Å². The topological polar surface area (TPSA) is 93.7 Å². The van der Waals surface area contributed by atoms with E-state index in [1.54, 1.807) is 0 Å². The monoisotopic (exact) mass is 382 g/mol. The molecule has 0 fully saturated rings. The zero-order chi connectivity index (χ0) is 19.5. The molecule has 2 amide bonds. The Labute approximate surface area is 159 Å². The number of esters is 1. The van der Waals surface area contributed by atoms with Crippen LogP contribution in [0, 0.1) is 5.92 Å². The second-order valence-electron chi connectivity index (χ2n) is 6.16. The first-order chi connectivity index (χ1) is 12.4. The highest BCUT2D eigenvalue weighted by Crippen LogP contribution is 2.07. The molecule has 0 heterocycles. The second kappa shape index (κ2) is 11.4. The van der Waals surface area contributed by atoms with Crippen LogP contribution in [0.3, 0.4) is 0 Å². The van der Waals surface area contributed by atoms with Gasteiger partial charge in [0.1, 0.15) is 18.7 Å². The fraction of sp³-hybridized carbons (Fsp3) is 0.500. The fourth-order valence-corrected chi connectivity index (χ4v) is 2.46. The molecule has 2 atom stereocenters. The van der Waals surface area contributed by atoms with Crippen molar-refractivity contribution in [1.29, 1.82) is 0 Å². The van der Waals surface area contributed by atoms with Gasteiger partial charge in [0.05, 0.1) is 7.11 Å². The molecular weight excluding hydrogens is 356 g/mol. The van der Waals surface area contributed by atoms with E-state index in [2.05, 4.69) is 23.3 Å². The lowest BCUT2D eigenvalue weighted by atomic mass is 10.0. The van der Waals surface area contributed by atoms with Gasteiger partial charge in [0.15, 0.2) is 0 Å². The highest BCUT2D eigenvalue weighted by atomic mass is 32.1. The summed E-state index contributed by atoms with van der Waals surface area (Å²) in [5.41, 5.74) is 0.831. The van der Waals surface area contributed by atoms with E-state index in [1.165, 1.54) is 7.11 Å². The zero-order valence-corrected chi connectivity index (χ0v) is 16.1. The predicted molar refractivity (Wildman–Crippen MR) is 101 cm³/mol. The molecule has 1 aromatic rings. The zero-order valence-electron chi connectivity index (χ0n) is 15.2. The van der Waals surface area contributed by atoms with E-state index in [0.717, 1.165) is 5.56 Å². The van der Waals surface area contributed by atoms with Crippen molar-refractivity contribution in [3.63, 3.8) is 0 Å². The van der Waals surface area contributed by atoms with Gasteiger partial charge in [0.25, 0.3) is 0 Å². The van der Waals surface area contributed by atoms with Crippen LogP contribution in [0.15, 0.2) is 30.3 Å². The van der Waals surface area contributed by atoms with Gasteiger partial charge in [0.2, 0.25) is 5.91 Å². The van der Waals surface area contributed by atoms with Gasteiger partial charge in [-0.1, -0.05) is 44.2 Å². The molecule has 26 heavy (non-hydrogen) atoms. The smallest absolute Gasteiger partial charge is 0.408 e. The summed E-state index contributed by atoms with van der Waals surface area (Å²) in [5.74, 6) is -0.816. The van der Waals surface area contributed by atoms with Gasteiger partial charge >= 0.3 is 12.1 Å². The maximum Gasteiger partial charge on any atom is 0.408 e. The van der Waals surface area contributed by atoms with Gasteiger partial charge < -0.3 is 20.1 Å². The Morgan fingerprint density at radius 1 is 1.08 bits per heavy atom. The first-order valence-electron chi connectivity index (χ1n) is 8.33. The molecule has 0 unspecified atom stereocenters. The van der Waals surface area contributed by atoms with E-state index in [4.69, 9.17) is 9.47 Å². The van der Waals surface area contributed by atoms with Crippen molar-refractivity contribution in [2.45, 2.75) is 39.0 Å². The maximum atomic E-state index is 12.4. The third-order valence-corrected chi connectivity index (χ3v) is 3.88.